The van der Waals surface area contributed by atoms with Gasteiger partial charge in [-0.3, -0.25) is 9.88 Å². The second kappa shape index (κ2) is 5.57. The van der Waals surface area contributed by atoms with Crippen LogP contribution in [0, 0.1) is 0 Å². The number of benzene rings is 1. The second-order valence-corrected chi connectivity index (χ2v) is 5.91. The van der Waals surface area contributed by atoms with Crippen molar-refractivity contribution in [2.75, 3.05) is 13.2 Å². The molecule has 1 aromatic heterocycles. The predicted molar refractivity (Wildman–Crippen MR) is 80.0 cm³/mol. The molecular formula is C15H17BrN2O. The molecule has 0 bridgehead atoms. The van der Waals surface area contributed by atoms with Crippen LogP contribution >= 0.6 is 15.9 Å². The number of likely N-dealkylation sites (tertiary alicyclic amines) is 1. The van der Waals surface area contributed by atoms with Crippen molar-refractivity contribution >= 4 is 26.8 Å². The van der Waals surface area contributed by atoms with Crippen LogP contribution in [0.1, 0.15) is 18.4 Å². The van der Waals surface area contributed by atoms with E-state index in [0.29, 0.717) is 6.04 Å². The van der Waals surface area contributed by atoms with E-state index < -0.39 is 0 Å². The van der Waals surface area contributed by atoms with Crippen LogP contribution in [0.2, 0.25) is 0 Å². The van der Waals surface area contributed by atoms with E-state index >= 15 is 0 Å². The summed E-state index contributed by atoms with van der Waals surface area (Å²) >= 11 is 3.58. The van der Waals surface area contributed by atoms with E-state index in [9.17, 15) is 5.11 Å². The Morgan fingerprint density at radius 3 is 3.11 bits per heavy atom. The fourth-order valence-electron chi connectivity index (χ4n) is 2.85. The molecule has 1 saturated heterocycles. The summed E-state index contributed by atoms with van der Waals surface area (Å²) in [5.41, 5.74) is 2.29. The first-order valence-corrected chi connectivity index (χ1v) is 7.46. The molecule has 1 aromatic carbocycles. The summed E-state index contributed by atoms with van der Waals surface area (Å²) in [6, 6.07) is 8.57. The van der Waals surface area contributed by atoms with Gasteiger partial charge < -0.3 is 5.11 Å². The van der Waals surface area contributed by atoms with Crippen LogP contribution in [0.5, 0.6) is 0 Å². The molecule has 3 rings (SSSR count). The standard InChI is InChI=1S/C15H17BrN2O/c16-14-6-5-11(15-13(14)4-1-7-17-15)9-18-8-2-3-12(18)10-19/h1,4-7,12,19H,2-3,8-10H2. The molecule has 0 saturated carbocycles. The Balaban J connectivity index is 1.95. The van der Waals surface area contributed by atoms with Crippen LogP contribution in [0.4, 0.5) is 0 Å². The van der Waals surface area contributed by atoms with E-state index in [0.717, 1.165) is 34.9 Å². The monoisotopic (exact) mass is 320 g/mol. The van der Waals surface area contributed by atoms with Gasteiger partial charge in [0.05, 0.1) is 12.1 Å². The number of halogens is 1. The Kier molecular flexibility index (Phi) is 3.82. The van der Waals surface area contributed by atoms with Crippen molar-refractivity contribution in [3.63, 3.8) is 0 Å². The van der Waals surface area contributed by atoms with Gasteiger partial charge in [0, 0.05) is 28.6 Å². The molecule has 2 aromatic rings. The van der Waals surface area contributed by atoms with E-state index in [1.807, 2.05) is 12.3 Å². The van der Waals surface area contributed by atoms with Gasteiger partial charge in [0.1, 0.15) is 0 Å². The molecule has 0 spiro atoms. The number of fused-ring (bicyclic) bond motifs is 1. The molecule has 1 unspecified atom stereocenters. The minimum Gasteiger partial charge on any atom is -0.395 e. The van der Waals surface area contributed by atoms with Gasteiger partial charge in [-0.25, -0.2) is 0 Å². The van der Waals surface area contributed by atoms with Crippen LogP contribution in [0.3, 0.4) is 0 Å². The van der Waals surface area contributed by atoms with Crippen LogP contribution in [-0.4, -0.2) is 34.2 Å². The molecule has 0 aliphatic carbocycles. The van der Waals surface area contributed by atoms with Crippen molar-refractivity contribution in [2.24, 2.45) is 0 Å². The van der Waals surface area contributed by atoms with Gasteiger partial charge in [-0.2, -0.15) is 0 Å². The first kappa shape index (κ1) is 13.0. The van der Waals surface area contributed by atoms with Crippen LogP contribution in [0.25, 0.3) is 10.9 Å². The fourth-order valence-corrected chi connectivity index (χ4v) is 3.30. The lowest BCUT2D eigenvalue weighted by Crippen LogP contribution is -2.31. The summed E-state index contributed by atoms with van der Waals surface area (Å²) in [6.45, 7) is 2.18. The highest BCUT2D eigenvalue weighted by molar-refractivity contribution is 9.10. The summed E-state index contributed by atoms with van der Waals surface area (Å²) in [6.07, 6.45) is 4.11. The van der Waals surface area contributed by atoms with Gasteiger partial charge in [-0.15, -0.1) is 0 Å². The molecule has 100 valence electrons. The van der Waals surface area contributed by atoms with Gasteiger partial charge in [0.15, 0.2) is 0 Å². The zero-order valence-corrected chi connectivity index (χ0v) is 12.3. The minimum atomic E-state index is 0.252. The molecule has 19 heavy (non-hydrogen) atoms. The van der Waals surface area contributed by atoms with Crippen LogP contribution < -0.4 is 0 Å². The van der Waals surface area contributed by atoms with Crippen LogP contribution in [-0.2, 0) is 6.54 Å². The van der Waals surface area contributed by atoms with Gasteiger partial charge in [0.25, 0.3) is 0 Å². The molecular weight excluding hydrogens is 304 g/mol. The smallest absolute Gasteiger partial charge is 0.0758 e. The van der Waals surface area contributed by atoms with Gasteiger partial charge in [0.2, 0.25) is 0 Å². The Hall–Kier alpha value is -0.970. The number of aliphatic hydroxyl groups is 1. The molecule has 3 nitrogen and oxygen atoms in total. The van der Waals surface area contributed by atoms with Gasteiger partial charge >= 0.3 is 0 Å². The Morgan fingerprint density at radius 2 is 2.26 bits per heavy atom. The van der Waals surface area contributed by atoms with E-state index in [1.165, 1.54) is 12.0 Å². The third-order valence-corrected chi connectivity index (χ3v) is 4.57. The first-order chi connectivity index (χ1) is 9.29. The number of aliphatic hydroxyl groups excluding tert-OH is 1. The lowest BCUT2D eigenvalue weighted by molar-refractivity contribution is 0.154. The predicted octanol–water partition coefficient (Wildman–Crippen LogP) is 2.95. The third kappa shape index (κ3) is 2.53. The third-order valence-electron chi connectivity index (χ3n) is 3.88. The molecule has 1 fully saturated rings. The molecule has 1 aliphatic heterocycles. The molecule has 0 radical (unpaired) electrons. The number of rotatable bonds is 3. The normalized spacial score (nSPS) is 20.2. The molecule has 1 atom stereocenters. The van der Waals surface area contributed by atoms with Crippen molar-refractivity contribution in [1.82, 2.24) is 9.88 Å². The van der Waals surface area contributed by atoms with E-state index in [-0.39, 0.29) is 6.61 Å². The lowest BCUT2D eigenvalue weighted by Gasteiger charge is -2.23. The maximum Gasteiger partial charge on any atom is 0.0758 e. The molecule has 2 heterocycles. The number of pyridine rings is 1. The SMILES string of the molecule is OCC1CCCN1Cc1ccc(Br)c2cccnc12. The summed E-state index contributed by atoms with van der Waals surface area (Å²) in [5.74, 6) is 0. The van der Waals surface area contributed by atoms with Crippen molar-refractivity contribution in [3.8, 4) is 0 Å². The van der Waals surface area contributed by atoms with Crippen molar-refractivity contribution in [1.29, 1.82) is 0 Å². The minimum absolute atomic E-state index is 0.252. The summed E-state index contributed by atoms with van der Waals surface area (Å²) in [4.78, 5) is 6.87. The topological polar surface area (TPSA) is 36.4 Å². The summed E-state index contributed by atoms with van der Waals surface area (Å²) in [5, 5.41) is 10.6. The second-order valence-electron chi connectivity index (χ2n) is 5.06. The number of nitrogens with zero attached hydrogens (tertiary/aromatic N) is 2. The average Bonchev–Trinajstić information content (AvgIpc) is 2.89. The van der Waals surface area contributed by atoms with E-state index in [2.05, 4.69) is 44.0 Å². The largest absolute Gasteiger partial charge is 0.395 e. The highest BCUT2D eigenvalue weighted by Gasteiger charge is 2.24. The summed E-state index contributed by atoms with van der Waals surface area (Å²) in [7, 11) is 0. The molecule has 4 heteroatoms. The highest BCUT2D eigenvalue weighted by Crippen LogP contribution is 2.28. The number of aromatic nitrogens is 1. The van der Waals surface area contributed by atoms with Gasteiger partial charge in [-0.1, -0.05) is 28.1 Å². The number of hydrogen-bond acceptors (Lipinski definition) is 3. The quantitative estimate of drug-likeness (QED) is 0.944. The van der Waals surface area contributed by atoms with Crippen molar-refractivity contribution in [2.45, 2.75) is 25.4 Å². The zero-order valence-electron chi connectivity index (χ0n) is 10.7. The number of hydrogen-bond donors (Lipinski definition) is 1. The van der Waals surface area contributed by atoms with Crippen LogP contribution in [0.15, 0.2) is 34.9 Å². The average molecular weight is 321 g/mol. The first-order valence-electron chi connectivity index (χ1n) is 6.66. The van der Waals surface area contributed by atoms with Crippen molar-refractivity contribution < 1.29 is 5.11 Å². The maximum atomic E-state index is 9.41. The Bertz CT molecular complexity index is 587. The van der Waals surface area contributed by atoms with E-state index in [1.54, 1.807) is 0 Å². The maximum absolute atomic E-state index is 9.41. The van der Waals surface area contributed by atoms with E-state index in [4.69, 9.17) is 0 Å². The van der Waals surface area contributed by atoms with Gasteiger partial charge in [-0.05, 0) is 37.1 Å². The Labute approximate surface area is 121 Å². The Morgan fingerprint density at radius 1 is 1.37 bits per heavy atom. The lowest BCUT2D eigenvalue weighted by atomic mass is 10.1. The fraction of sp³-hybridized carbons (Fsp3) is 0.400. The summed E-state index contributed by atoms with van der Waals surface area (Å²) < 4.78 is 1.08. The highest BCUT2D eigenvalue weighted by atomic mass is 79.9. The molecule has 1 N–H and O–H groups in total. The van der Waals surface area contributed by atoms with Crippen molar-refractivity contribution in [3.05, 3.63) is 40.5 Å². The zero-order chi connectivity index (χ0) is 13.2. The molecule has 0 amide bonds. The molecule has 1 aliphatic rings.